The number of benzene rings is 2. The average Bonchev–Trinajstić information content (AvgIpc) is 3.36. The van der Waals surface area contributed by atoms with Crippen LogP contribution in [0.3, 0.4) is 0 Å². The van der Waals surface area contributed by atoms with Gasteiger partial charge in [0.05, 0.1) is 6.61 Å². The SMILES string of the molecule is CCCOc1ccc(-c2cccc(CNC3CC3)c2)cc1. The van der Waals surface area contributed by atoms with Gasteiger partial charge < -0.3 is 10.1 Å². The molecule has 0 aliphatic heterocycles. The van der Waals surface area contributed by atoms with Crippen molar-refractivity contribution in [2.24, 2.45) is 0 Å². The van der Waals surface area contributed by atoms with Gasteiger partial charge in [0, 0.05) is 12.6 Å². The van der Waals surface area contributed by atoms with E-state index >= 15 is 0 Å². The molecule has 110 valence electrons. The second kappa shape index (κ2) is 6.77. The molecule has 1 aliphatic carbocycles. The van der Waals surface area contributed by atoms with Crippen molar-refractivity contribution >= 4 is 0 Å². The highest BCUT2D eigenvalue weighted by Crippen LogP contribution is 2.24. The lowest BCUT2D eigenvalue weighted by Gasteiger charge is -2.08. The molecule has 0 spiro atoms. The lowest BCUT2D eigenvalue weighted by molar-refractivity contribution is 0.317. The molecule has 1 saturated carbocycles. The smallest absolute Gasteiger partial charge is 0.119 e. The maximum absolute atomic E-state index is 5.63. The fourth-order valence-electron chi connectivity index (χ4n) is 2.37. The van der Waals surface area contributed by atoms with Crippen LogP contribution >= 0.6 is 0 Å². The molecule has 0 amide bonds. The maximum atomic E-state index is 5.63. The van der Waals surface area contributed by atoms with Gasteiger partial charge in [-0.05, 0) is 54.2 Å². The Morgan fingerprint density at radius 2 is 1.86 bits per heavy atom. The van der Waals surface area contributed by atoms with Crippen molar-refractivity contribution in [3.05, 3.63) is 54.1 Å². The number of ether oxygens (including phenoxy) is 1. The predicted molar refractivity (Wildman–Crippen MR) is 87.5 cm³/mol. The third-order valence-corrected chi connectivity index (χ3v) is 3.76. The fourth-order valence-corrected chi connectivity index (χ4v) is 2.37. The van der Waals surface area contributed by atoms with Gasteiger partial charge in [-0.1, -0.05) is 37.3 Å². The first-order valence-electron chi connectivity index (χ1n) is 7.90. The van der Waals surface area contributed by atoms with Crippen molar-refractivity contribution in [1.29, 1.82) is 0 Å². The first-order valence-corrected chi connectivity index (χ1v) is 7.90. The molecule has 0 heterocycles. The van der Waals surface area contributed by atoms with Gasteiger partial charge in [0.1, 0.15) is 5.75 Å². The topological polar surface area (TPSA) is 21.3 Å². The average molecular weight is 281 g/mol. The largest absolute Gasteiger partial charge is 0.494 e. The highest BCUT2D eigenvalue weighted by Gasteiger charge is 2.19. The molecule has 2 heteroatoms. The molecule has 21 heavy (non-hydrogen) atoms. The first-order chi connectivity index (χ1) is 10.3. The molecule has 1 aliphatic rings. The Hall–Kier alpha value is -1.80. The van der Waals surface area contributed by atoms with Crippen molar-refractivity contribution in [2.75, 3.05) is 6.61 Å². The molecular weight excluding hydrogens is 258 g/mol. The second-order valence-corrected chi connectivity index (χ2v) is 5.73. The third kappa shape index (κ3) is 4.08. The van der Waals surface area contributed by atoms with Crippen LogP contribution in [0.25, 0.3) is 11.1 Å². The van der Waals surface area contributed by atoms with Crippen molar-refractivity contribution < 1.29 is 4.74 Å². The van der Waals surface area contributed by atoms with Crippen molar-refractivity contribution in [2.45, 2.75) is 38.8 Å². The van der Waals surface area contributed by atoms with E-state index < -0.39 is 0 Å². The Morgan fingerprint density at radius 3 is 2.57 bits per heavy atom. The summed E-state index contributed by atoms with van der Waals surface area (Å²) in [6.45, 7) is 3.87. The van der Waals surface area contributed by atoms with E-state index in [0.29, 0.717) is 0 Å². The van der Waals surface area contributed by atoms with Crippen LogP contribution in [0.1, 0.15) is 31.7 Å². The van der Waals surface area contributed by atoms with Gasteiger partial charge in [0.25, 0.3) is 0 Å². The summed E-state index contributed by atoms with van der Waals surface area (Å²) in [7, 11) is 0. The van der Waals surface area contributed by atoms with E-state index in [2.05, 4.69) is 60.8 Å². The molecule has 3 rings (SSSR count). The van der Waals surface area contributed by atoms with Crippen LogP contribution < -0.4 is 10.1 Å². The minimum absolute atomic E-state index is 0.753. The highest BCUT2D eigenvalue weighted by atomic mass is 16.5. The number of nitrogens with one attached hydrogen (secondary N) is 1. The van der Waals surface area contributed by atoms with Crippen molar-refractivity contribution in [3.8, 4) is 16.9 Å². The molecule has 0 bridgehead atoms. The minimum atomic E-state index is 0.753. The predicted octanol–water partition coefficient (Wildman–Crippen LogP) is 4.39. The number of rotatable bonds is 7. The van der Waals surface area contributed by atoms with E-state index in [1.54, 1.807) is 0 Å². The number of hydrogen-bond donors (Lipinski definition) is 1. The zero-order valence-corrected chi connectivity index (χ0v) is 12.6. The molecule has 2 aromatic carbocycles. The normalized spacial score (nSPS) is 14.1. The lowest BCUT2D eigenvalue weighted by atomic mass is 10.0. The Labute approximate surface area is 127 Å². The number of hydrogen-bond acceptors (Lipinski definition) is 2. The molecule has 0 unspecified atom stereocenters. The van der Waals surface area contributed by atoms with Gasteiger partial charge in [-0.25, -0.2) is 0 Å². The van der Waals surface area contributed by atoms with Gasteiger partial charge in [-0.2, -0.15) is 0 Å². The molecule has 0 atom stereocenters. The molecular formula is C19H23NO. The van der Waals surface area contributed by atoms with Crippen LogP contribution in [-0.2, 0) is 6.54 Å². The zero-order chi connectivity index (χ0) is 14.5. The molecule has 2 nitrogen and oxygen atoms in total. The molecule has 1 fully saturated rings. The molecule has 1 N–H and O–H groups in total. The summed E-state index contributed by atoms with van der Waals surface area (Å²) in [5.41, 5.74) is 3.87. The summed E-state index contributed by atoms with van der Waals surface area (Å²) in [6, 6.07) is 17.9. The van der Waals surface area contributed by atoms with E-state index in [1.807, 2.05) is 0 Å². The van der Waals surface area contributed by atoms with E-state index in [-0.39, 0.29) is 0 Å². The maximum Gasteiger partial charge on any atom is 0.119 e. The van der Waals surface area contributed by atoms with E-state index in [4.69, 9.17) is 4.74 Å². The monoisotopic (exact) mass is 281 g/mol. The Bertz CT molecular complexity index is 572. The van der Waals surface area contributed by atoms with Gasteiger partial charge >= 0.3 is 0 Å². The molecule has 0 saturated heterocycles. The fraction of sp³-hybridized carbons (Fsp3) is 0.368. The second-order valence-electron chi connectivity index (χ2n) is 5.73. The summed E-state index contributed by atoms with van der Waals surface area (Å²) < 4.78 is 5.63. The van der Waals surface area contributed by atoms with E-state index in [0.717, 1.165) is 31.4 Å². The van der Waals surface area contributed by atoms with Gasteiger partial charge in [-0.3, -0.25) is 0 Å². The standard InChI is InChI=1S/C19H23NO/c1-2-12-21-19-10-6-16(7-11-19)17-5-3-4-15(13-17)14-20-18-8-9-18/h3-7,10-11,13,18,20H,2,8-9,12,14H2,1H3. The lowest BCUT2D eigenvalue weighted by Crippen LogP contribution is -2.15. The Balaban J connectivity index is 1.68. The summed E-state index contributed by atoms with van der Waals surface area (Å²) in [6.07, 6.45) is 3.70. The Morgan fingerprint density at radius 1 is 1.05 bits per heavy atom. The molecule has 0 aromatic heterocycles. The summed E-state index contributed by atoms with van der Waals surface area (Å²) in [5, 5.41) is 3.56. The minimum Gasteiger partial charge on any atom is -0.494 e. The van der Waals surface area contributed by atoms with Crippen LogP contribution in [0.4, 0.5) is 0 Å². The van der Waals surface area contributed by atoms with Crippen molar-refractivity contribution in [1.82, 2.24) is 5.32 Å². The van der Waals surface area contributed by atoms with Gasteiger partial charge in [0.2, 0.25) is 0 Å². The highest BCUT2D eigenvalue weighted by molar-refractivity contribution is 5.64. The van der Waals surface area contributed by atoms with Gasteiger partial charge in [-0.15, -0.1) is 0 Å². The molecule has 2 aromatic rings. The summed E-state index contributed by atoms with van der Waals surface area (Å²) in [5.74, 6) is 0.951. The molecule has 0 radical (unpaired) electrons. The summed E-state index contributed by atoms with van der Waals surface area (Å²) >= 11 is 0. The Kier molecular flexibility index (Phi) is 4.56. The first kappa shape index (κ1) is 14.2. The quantitative estimate of drug-likeness (QED) is 0.812. The zero-order valence-electron chi connectivity index (χ0n) is 12.6. The van der Waals surface area contributed by atoms with E-state index in [9.17, 15) is 0 Å². The van der Waals surface area contributed by atoms with Crippen LogP contribution in [0.5, 0.6) is 5.75 Å². The van der Waals surface area contributed by atoms with Crippen LogP contribution in [0, 0.1) is 0 Å². The third-order valence-electron chi connectivity index (χ3n) is 3.76. The van der Waals surface area contributed by atoms with Crippen molar-refractivity contribution in [3.63, 3.8) is 0 Å². The van der Waals surface area contributed by atoms with Crippen LogP contribution in [-0.4, -0.2) is 12.6 Å². The van der Waals surface area contributed by atoms with Gasteiger partial charge in [0.15, 0.2) is 0 Å². The van der Waals surface area contributed by atoms with Crippen LogP contribution in [0.15, 0.2) is 48.5 Å². The van der Waals surface area contributed by atoms with E-state index in [1.165, 1.54) is 29.5 Å². The van der Waals surface area contributed by atoms with Crippen LogP contribution in [0.2, 0.25) is 0 Å². The summed E-state index contributed by atoms with van der Waals surface area (Å²) in [4.78, 5) is 0.